The molecule has 1 aromatic rings. The summed E-state index contributed by atoms with van der Waals surface area (Å²) < 4.78 is 11.7. The summed E-state index contributed by atoms with van der Waals surface area (Å²) in [6.07, 6.45) is 4.72. The molecule has 0 aliphatic carbocycles. The molecule has 0 N–H and O–H groups in total. The van der Waals surface area contributed by atoms with Gasteiger partial charge in [-0.3, -0.25) is 9.59 Å². The minimum Gasteiger partial charge on any atom is -0.469 e. The summed E-state index contributed by atoms with van der Waals surface area (Å²) in [7, 11) is 1.36. The molecular weight excluding hydrogens is 272 g/mol. The van der Waals surface area contributed by atoms with E-state index in [4.69, 9.17) is 9.47 Å². The van der Waals surface area contributed by atoms with E-state index in [1.54, 1.807) is 20.0 Å². The maximum atomic E-state index is 12.4. The average molecular weight is 294 g/mol. The molecule has 1 aromatic heterocycles. The summed E-state index contributed by atoms with van der Waals surface area (Å²) >= 11 is 0. The van der Waals surface area contributed by atoms with E-state index in [0.29, 0.717) is 18.6 Å². The standard InChI is InChI=1S/C15H22N2O4/c1-10(15(19)20-3)8-12-9-16-17(14(18)11(12)2)13-6-4-5-7-21-13/h9-10,13H,4-8H2,1-3H3/t10-,13?/m0/s1. The number of esters is 1. The zero-order chi connectivity index (χ0) is 15.4. The molecule has 6 nitrogen and oxygen atoms in total. The molecule has 1 unspecified atom stereocenters. The summed E-state index contributed by atoms with van der Waals surface area (Å²) in [6, 6.07) is 0. The van der Waals surface area contributed by atoms with Gasteiger partial charge in [0.1, 0.15) is 0 Å². The van der Waals surface area contributed by atoms with Crippen molar-refractivity contribution in [2.45, 2.75) is 45.8 Å². The topological polar surface area (TPSA) is 70.4 Å². The predicted octanol–water partition coefficient (Wildman–Crippen LogP) is 1.60. The molecule has 0 spiro atoms. The Morgan fingerprint density at radius 2 is 2.33 bits per heavy atom. The third-order valence-corrected chi connectivity index (χ3v) is 3.91. The van der Waals surface area contributed by atoms with Gasteiger partial charge in [0.15, 0.2) is 6.23 Å². The highest BCUT2D eigenvalue weighted by Gasteiger charge is 2.21. The quantitative estimate of drug-likeness (QED) is 0.789. The lowest BCUT2D eigenvalue weighted by Gasteiger charge is -2.24. The Kier molecular flexibility index (Phi) is 5.12. The van der Waals surface area contributed by atoms with Crippen LogP contribution in [-0.2, 0) is 20.7 Å². The number of ether oxygens (including phenoxy) is 2. The molecular formula is C15H22N2O4. The van der Waals surface area contributed by atoms with Crippen molar-refractivity contribution in [2.24, 2.45) is 5.92 Å². The maximum absolute atomic E-state index is 12.4. The van der Waals surface area contributed by atoms with Gasteiger partial charge in [-0.15, -0.1) is 0 Å². The molecule has 2 atom stereocenters. The molecule has 0 bridgehead atoms. The van der Waals surface area contributed by atoms with Crippen LogP contribution in [0.3, 0.4) is 0 Å². The molecule has 0 saturated carbocycles. The van der Waals surface area contributed by atoms with Gasteiger partial charge in [-0.05, 0) is 38.2 Å². The second kappa shape index (κ2) is 6.85. The first-order chi connectivity index (χ1) is 10.0. The highest BCUT2D eigenvalue weighted by molar-refractivity contribution is 5.72. The molecule has 0 radical (unpaired) electrons. The second-order valence-corrected chi connectivity index (χ2v) is 5.49. The molecule has 1 aliphatic rings. The van der Waals surface area contributed by atoms with Crippen molar-refractivity contribution in [2.75, 3.05) is 13.7 Å². The summed E-state index contributed by atoms with van der Waals surface area (Å²) in [5, 5.41) is 4.23. The van der Waals surface area contributed by atoms with E-state index in [9.17, 15) is 9.59 Å². The van der Waals surface area contributed by atoms with E-state index < -0.39 is 0 Å². The number of carbonyl (C=O) groups is 1. The van der Waals surface area contributed by atoms with E-state index in [2.05, 4.69) is 5.10 Å². The molecule has 1 saturated heterocycles. The van der Waals surface area contributed by atoms with Crippen LogP contribution in [0.15, 0.2) is 11.0 Å². The number of hydrogen-bond donors (Lipinski definition) is 0. The Hall–Kier alpha value is -1.69. The zero-order valence-corrected chi connectivity index (χ0v) is 12.8. The normalized spacial score (nSPS) is 20.0. The summed E-state index contributed by atoms with van der Waals surface area (Å²) in [4.78, 5) is 23.9. The van der Waals surface area contributed by atoms with Crippen LogP contribution in [0.1, 0.15) is 43.5 Å². The summed E-state index contributed by atoms with van der Waals surface area (Å²) in [5.41, 5.74) is 1.26. The lowest BCUT2D eigenvalue weighted by atomic mass is 10.00. The molecule has 21 heavy (non-hydrogen) atoms. The fourth-order valence-corrected chi connectivity index (χ4v) is 2.53. The fraction of sp³-hybridized carbons (Fsp3) is 0.667. The van der Waals surface area contributed by atoms with Crippen molar-refractivity contribution >= 4 is 5.97 Å². The summed E-state index contributed by atoms with van der Waals surface area (Å²) in [5.74, 6) is -0.578. The SMILES string of the molecule is COC(=O)[C@@H](C)Cc1cnn(C2CCCCO2)c(=O)c1C. The van der Waals surface area contributed by atoms with Crippen molar-refractivity contribution in [1.82, 2.24) is 9.78 Å². The van der Waals surface area contributed by atoms with Crippen LogP contribution in [-0.4, -0.2) is 29.5 Å². The van der Waals surface area contributed by atoms with Crippen LogP contribution in [0.4, 0.5) is 0 Å². The first kappa shape index (κ1) is 15.7. The second-order valence-electron chi connectivity index (χ2n) is 5.49. The Labute approximate surface area is 124 Å². The summed E-state index contributed by atoms with van der Waals surface area (Å²) in [6.45, 7) is 4.21. The van der Waals surface area contributed by atoms with Gasteiger partial charge in [-0.2, -0.15) is 5.10 Å². The molecule has 6 heteroatoms. The third-order valence-electron chi connectivity index (χ3n) is 3.91. The monoisotopic (exact) mass is 294 g/mol. The largest absolute Gasteiger partial charge is 0.469 e. The van der Waals surface area contributed by atoms with Gasteiger partial charge in [0, 0.05) is 12.2 Å². The molecule has 2 rings (SSSR count). The van der Waals surface area contributed by atoms with Crippen molar-refractivity contribution in [1.29, 1.82) is 0 Å². The smallest absolute Gasteiger partial charge is 0.308 e. The number of methoxy groups -OCH3 is 1. The van der Waals surface area contributed by atoms with Crippen LogP contribution < -0.4 is 5.56 Å². The minimum absolute atomic E-state index is 0.142. The van der Waals surface area contributed by atoms with Crippen molar-refractivity contribution in [3.05, 3.63) is 27.7 Å². The van der Waals surface area contributed by atoms with Crippen molar-refractivity contribution < 1.29 is 14.3 Å². The number of nitrogens with zero attached hydrogens (tertiary/aromatic N) is 2. The van der Waals surface area contributed by atoms with Gasteiger partial charge < -0.3 is 9.47 Å². The number of carbonyl (C=O) groups excluding carboxylic acids is 1. The zero-order valence-electron chi connectivity index (χ0n) is 12.8. The van der Waals surface area contributed by atoms with Crippen LogP contribution in [0.2, 0.25) is 0 Å². The Morgan fingerprint density at radius 1 is 1.57 bits per heavy atom. The van der Waals surface area contributed by atoms with E-state index in [1.165, 1.54) is 11.8 Å². The van der Waals surface area contributed by atoms with Gasteiger partial charge in [-0.25, -0.2) is 4.68 Å². The van der Waals surface area contributed by atoms with E-state index in [1.807, 2.05) is 0 Å². The van der Waals surface area contributed by atoms with E-state index >= 15 is 0 Å². The van der Waals surface area contributed by atoms with E-state index in [0.717, 1.165) is 24.8 Å². The number of rotatable bonds is 4. The van der Waals surface area contributed by atoms with Gasteiger partial charge in [0.2, 0.25) is 0 Å². The highest BCUT2D eigenvalue weighted by Crippen LogP contribution is 2.20. The predicted molar refractivity (Wildman–Crippen MR) is 77.0 cm³/mol. The fourth-order valence-electron chi connectivity index (χ4n) is 2.53. The third kappa shape index (κ3) is 3.50. The van der Waals surface area contributed by atoms with Crippen LogP contribution in [0.25, 0.3) is 0 Å². The number of hydrogen-bond acceptors (Lipinski definition) is 5. The molecule has 1 fully saturated rings. The first-order valence-corrected chi connectivity index (χ1v) is 7.31. The molecule has 2 heterocycles. The van der Waals surface area contributed by atoms with Gasteiger partial charge in [0.25, 0.3) is 5.56 Å². The molecule has 1 aliphatic heterocycles. The molecule has 0 amide bonds. The molecule has 116 valence electrons. The van der Waals surface area contributed by atoms with Crippen LogP contribution in [0, 0.1) is 12.8 Å². The Bertz CT molecular complexity index is 561. The Balaban J connectivity index is 2.21. The van der Waals surface area contributed by atoms with E-state index in [-0.39, 0.29) is 23.7 Å². The van der Waals surface area contributed by atoms with Crippen LogP contribution in [0.5, 0.6) is 0 Å². The number of aromatic nitrogens is 2. The maximum Gasteiger partial charge on any atom is 0.308 e. The minimum atomic E-state index is -0.295. The lowest BCUT2D eigenvalue weighted by Crippen LogP contribution is -2.33. The highest BCUT2D eigenvalue weighted by atomic mass is 16.5. The van der Waals surface area contributed by atoms with Gasteiger partial charge in [-0.1, -0.05) is 6.92 Å². The first-order valence-electron chi connectivity index (χ1n) is 7.31. The van der Waals surface area contributed by atoms with Gasteiger partial charge >= 0.3 is 5.97 Å². The lowest BCUT2D eigenvalue weighted by molar-refractivity contribution is -0.144. The van der Waals surface area contributed by atoms with Crippen molar-refractivity contribution in [3.8, 4) is 0 Å². The average Bonchev–Trinajstić information content (AvgIpc) is 2.52. The van der Waals surface area contributed by atoms with Crippen LogP contribution >= 0.6 is 0 Å². The molecule has 0 aromatic carbocycles. The van der Waals surface area contributed by atoms with Crippen molar-refractivity contribution in [3.63, 3.8) is 0 Å². The van der Waals surface area contributed by atoms with Gasteiger partial charge in [0.05, 0.1) is 19.2 Å². The Morgan fingerprint density at radius 3 is 2.95 bits per heavy atom.